The molecule has 1 rings (SSSR count). The van der Waals surface area contributed by atoms with Gasteiger partial charge in [0.25, 0.3) is 0 Å². The second kappa shape index (κ2) is 6.61. The Balaban J connectivity index is 2.61. The molecular formula is C12H19N3OS. The van der Waals surface area contributed by atoms with Crippen LogP contribution in [0.1, 0.15) is 17.8 Å². The number of nitrogens with two attached hydrogens (primary N) is 1. The zero-order chi connectivity index (χ0) is 12.8. The summed E-state index contributed by atoms with van der Waals surface area (Å²) in [6.45, 7) is 3.79. The van der Waals surface area contributed by atoms with Gasteiger partial charge in [-0.05, 0) is 44.4 Å². The van der Waals surface area contributed by atoms with Gasteiger partial charge in [-0.25, -0.2) is 0 Å². The number of hydrogen-bond acceptors (Lipinski definition) is 4. The van der Waals surface area contributed by atoms with Crippen LogP contribution in [0.2, 0.25) is 0 Å². The average molecular weight is 253 g/mol. The minimum absolute atomic E-state index is 0.146. The van der Waals surface area contributed by atoms with Gasteiger partial charge in [-0.15, -0.1) is 0 Å². The van der Waals surface area contributed by atoms with Gasteiger partial charge in [-0.2, -0.15) is 11.8 Å². The van der Waals surface area contributed by atoms with Crippen molar-refractivity contribution in [3.8, 4) is 0 Å². The Morgan fingerprint density at radius 2 is 2.24 bits per heavy atom. The topological polar surface area (TPSA) is 68.0 Å². The molecule has 0 saturated carbocycles. The van der Waals surface area contributed by atoms with Crippen LogP contribution in [0, 0.1) is 13.8 Å². The molecule has 0 bridgehead atoms. The fourth-order valence-corrected chi connectivity index (χ4v) is 1.91. The second-order valence-corrected chi connectivity index (χ2v) is 4.95. The largest absolute Gasteiger partial charge is 0.323 e. The number of aromatic nitrogens is 1. The Morgan fingerprint density at radius 3 is 2.82 bits per heavy atom. The molecule has 0 aliphatic heterocycles. The van der Waals surface area contributed by atoms with Gasteiger partial charge in [0.2, 0.25) is 5.91 Å². The molecule has 0 fully saturated rings. The minimum atomic E-state index is -0.455. The molecule has 1 aromatic rings. The highest BCUT2D eigenvalue weighted by atomic mass is 32.2. The van der Waals surface area contributed by atoms with Crippen molar-refractivity contribution in [2.75, 3.05) is 17.3 Å². The number of anilines is 1. The van der Waals surface area contributed by atoms with Gasteiger partial charge in [-0.1, -0.05) is 0 Å². The third kappa shape index (κ3) is 4.36. The lowest BCUT2D eigenvalue weighted by Crippen LogP contribution is -2.36. The maximum Gasteiger partial charge on any atom is 0.241 e. The minimum Gasteiger partial charge on any atom is -0.323 e. The summed E-state index contributed by atoms with van der Waals surface area (Å²) < 4.78 is 0. The Kier molecular flexibility index (Phi) is 5.44. The number of pyridine rings is 1. The van der Waals surface area contributed by atoms with E-state index in [4.69, 9.17) is 5.73 Å². The van der Waals surface area contributed by atoms with E-state index in [9.17, 15) is 4.79 Å². The molecule has 0 aliphatic rings. The molecule has 3 N–H and O–H groups in total. The molecule has 0 aliphatic carbocycles. The highest BCUT2D eigenvalue weighted by Gasteiger charge is 2.14. The van der Waals surface area contributed by atoms with E-state index < -0.39 is 6.04 Å². The fraction of sp³-hybridized carbons (Fsp3) is 0.500. The molecular weight excluding hydrogens is 234 g/mol. The van der Waals surface area contributed by atoms with Crippen LogP contribution in [-0.2, 0) is 4.79 Å². The van der Waals surface area contributed by atoms with E-state index in [0.29, 0.717) is 6.42 Å². The molecule has 0 aromatic carbocycles. The van der Waals surface area contributed by atoms with E-state index in [-0.39, 0.29) is 5.91 Å². The first-order valence-corrected chi connectivity index (χ1v) is 6.93. The Hall–Kier alpha value is -1.07. The predicted molar refractivity (Wildman–Crippen MR) is 73.3 cm³/mol. The number of rotatable bonds is 5. The van der Waals surface area contributed by atoms with Crippen LogP contribution >= 0.6 is 11.8 Å². The molecule has 4 nitrogen and oxygen atoms in total. The number of carbonyl (C=O) groups excluding carboxylic acids is 1. The maximum absolute atomic E-state index is 11.8. The molecule has 1 atom stereocenters. The van der Waals surface area contributed by atoms with Crippen molar-refractivity contribution < 1.29 is 4.79 Å². The molecule has 1 heterocycles. The van der Waals surface area contributed by atoms with Gasteiger partial charge < -0.3 is 11.1 Å². The maximum atomic E-state index is 11.8. The summed E-state index contributed by atoms with van der Waals surface area (Å²) in [4.78, 5) is 16.1. The third-order valence-electron chi connectivity index (χ3n) is 2.45. The second-order valence-electron chi connectivity index (χ2n) is 3.96. The summed E-state index contributed by atoms with van der Waals surface area (Å²) >= 11 is 1.69. The quantitative estimate of drug-likeness (QED) is 0.838. The molecule has 0 unspecified atom stereocenters. The summed E-state index contributed by atoms with van der Waals surface area (Å²) in [5.41, 5.74) is 8.27. The lowest BCUT2D eigenvalue weighted by atomic mass is 10.2. The van der Waals surface area contributed by atoms with Crippen molar-refractivity contribution >= 4 is 23.4 Å². The summed E-state index contributed by atoms with van der Waals surface area (Å²) in [7, 11) is 0. The molecule has 5 heteroatoms. The lowest BCUT2D eigenvalue weighted by molar-refractivity contribution is -0.117. The first kappa shape index (κ1) is 14.0. The monoisotopic (exact) mass is 253 g/mol. The number of nitrogens with one attached hydrogen (secondary N) is 1. The summed E-state index contributed by atoms with van der Waals surface area (Å²) in [6, 6.07) is 3.27. The van der Waals surface area contributed by atoms with Crippen LogP contribution < -0.4 is 11.1 Å². The van der Waals surface area contributed by atoms with Crippen molar-refractivity contribution in [1.82, 2.24) is 4.98 Å². The smallest absolute Gasteiger partial charge is 0.241 e. The van der Waals surface area contributed by atoms with Gasteiger partial charge >= 0.3 is 0 Å². The van der Waals surface area contributed by atoms with Crippen LogP contribution in [-0.4, -0.2) is 28.9 Å². The molecule has 0 spiro atoms. The molecule has 94 valence electrons. The van der Waals surface area contributed by atoms with E-state index in [2.05, 4.69) is 10.3 Å². The number of hydrogen-bond donors (Lipinski definition) is 2. The van der Waals surface area contributed by atoms with Gasteiger partial charge in [0.1, 0.15) is 0 Å². The van der Waals surface area contributed by atoms with Gasteiger partial charge in [0, 0.05) is 5.69 Å². The fourth-order valence-electron chi connectivity index (χ4n) is 1.42. The SMILES string of the molecule is CSCC[C@H](N)C(=O)Nc1ccc(C)nc1C. The number of amides is 1. The number of carbonyl (C=O) groups is 1. The van der Waals surface area contributed by atoms with E-state index in [1.807, 2.05) is 32.2 Å². The van der Waals surface area contributed by atoms with Gasteiger partial charge in [-0.3, -0.25) is 9.78 Å². The van der Waals surface area contributed by atoms with E-state index >= 15 is 0 Å². The first-order chi connectivity index (χ1) is 8.04. The van der Waals surface area contributed by atoms with Gasteiger partial charge in [0.15, 0.2) is 0 Å². The zero-order valence-electron chi connectivity index (χ0n) is 10.5. The van der Waals surface area contributed by atoms with E-state index in [0.717, 1.165) is 22.8 Å². The van der Waals surface area contributed by atoms with Crippen molar-refractivity contribution in [3.05, 3.63) is 23.5 Å². The van der Waals surface area contributed by atoms with Crippen molar-refractivity contribution in [1.29, 1.82) is 0 Å². The van der Waals surface area contributed by atoms with Crippen LogP contribution in [0.3, 0.4) is 0 Å². The van der Waals surface area contributed by atoms with Crippen molar-refractivity contribution in [2.24, 2.45) is 5.73 Å². The average Bonchev–Trinajstić information content (AvgIpc) is 2.29. The van der Waals surface area contributed by atoms with Crippen molar-refractivity contribution in [2.45, 2.75) is 26.3 Å². The molecule has 0 radical (unpaired) electrons. The summed E-state index contributed by atoms with van der Waals surface area (Å²) in [6.07, 6.45) is 2.68. The van der Waals surface area contributed by atoms with Crippen LogP contribution in [0.4, 0.5) is 5.69 Å². The van der Waals surface area contributed by atoms with Gasteiger partial charge in [0.05, 0.1) is 17.4 Å². The normalized spacial score (nSPS) is 12.2. The molecule has 1 aromatic heterocycles. The van der Waals surface area contributed by atoms with Crippen LogP contribution in [0.25, 0.3) is 0 Å². The molecule has 1 amide bonds. The Morgan fingerprint density at radius 1 is 1.53 bits per heavy atom. The van der Waals surface area contributed by atoms with Crippen LogP contribution in [0.15, 0.2) is 12.1 Å². The number of thioether (sulfide) groups is 1. The highest BCUT2D eigenvalue weighted by molar-refractivity contribution is 7.98. The zero-order valence-corrected chi connectivity index (χ0v) is 11.3. The predicted octanol–water partition coefficient (Wildman–Crippen LogP) is 1.72. The van der Waals surface area contributed by atoms with Crippen LogP contribution in [0.5, 0.6) is 0 Å². The number of aryl methyl sites for hydroxylation is 2. The van der Waals surface area contributed by atoms with E-state index in [1.165, 1.54) is 0 Å². The third-order valence-corrected chi connectivity index (χ3v) is 3.10. The lowest BCUT2D eigenvalue weighted by Gasteiger charge is -2.13. The summed E-state index contributed by atoms with van der Waals surface area (Å²) in [5.74, 6) is 0.743. The first-order valence-electron chi connectivity index (χ1n) is 5.54. The number of nitrogens with zero attached hydrogens (tertiary/aromatic N) is 1. The van der Waals surface area contributed by atoms with E-state index in [1.54, 1.807) is 11.8 Å². The van der Waals surface area contributed by atoms with Crippen molar-refractivity contribution in [3.63, 3.8) is 0 Å². The standard InChI is InChI=1S/C12H19N3OS/c1-8-4-5-11(9(2)14-8)15-12(16)10(13)6-7-17-3/h4-5,10H,6-7,13H2,1-3H3,(H,15,16)/t10-/m0/s1. The Bertz CT molecular complexity index is 395. The highest BCUT2D eigenvalue weighted by Crippen LogP contribution is 2.13. The summed E-state index contributed by atoms with van der Waals surface area (Å²) in [5, 5.41) is 2.81. The molecule has 17 heavy (non-hydrogen) atoms. The Labute approximate surface area is 106 Å². The molecule has 0 saturated heterocycles.